The molecule has 0 saturated carbocycles. The van der Waals surface area contributed by atoms with Crippen LogP contribution in [-0.4, -0.2) is 38.2 Å². The smallest absolute Gasteiger partial charge is 0.150 e. The highest BCUT2D eigenvalue weighted by Gasteiger charge is 2.33. The topological polar surface area (TPSA) is 63.6 Å². The van der Waals surface area contributed by atoms with E-state index in [0.717, 1.165) is 16.9 Å². The van der Waals surface area contributed by atoms with E-state index in [-0.39, 0.29) is 17.4 Å². The zero-order chi connectivity index (χ0) is 14.0. The van der Waals surface area contributed by atoms with Gasteiger partial charge in [0.05, 0.1) is 24.7 Å². The van der Waals surface area contributed by atoms with Crippen LogP contribution in [0, 0.1) is 12.8 Å². The second-order valence-electron chi connectivity index (χ2n) is 5.25. The number of aryl methyl sites for hydroxylation is 1. The van der Waals surface area contributed by atoms with Crippen LogP contribution >= 0.6 is 0 Å². The summed E-state index contributed by atoms with van der Waals surface area (Å²) in [4.78, 5) is 0. The van der Waals surface area contributed by atoms with Crippen molar-refractivity contribution in [3.8, 4) is 5.75 Å². The third-order valence-electron chi connectivity index (χ3n) is 3.68. The molecule has 19 heavy (non-hydrogen) atoms. The fraction of sp³-hybridized carbons (Fsp3) is 0.571. The lowest BCUT2D eigenvalue weighted by Crippen LogP contribution is -2.24. The molecule has 1 heterocycles. The number of rotatable bonds is 4. The maximum Gasteiger partial charge on any atom is 0.150 e. The van der Waals surface area contributed by atoms with E-state index in [2.05, 4.69) is 0 Å². The first-order chi connectivity index (χ1) is 8.91. The molecule has 2 unspecified atom stereocenters. The molecule has 1 fully saturated rings. The predicted molar refractivity (Wildman–Crippen MR) is 74.2 cm³/mol. The quantitative estimate of drug-likeness (QED) is 0.906. The van der Waals surface area contributed by atoms with E-state index in [1.807, 2.05) is 25.1 Å². The molecule has 0 aromatic heterocycles. The summed E-state index contributed by atoms with van der Waals surface area (Å²) in [6.45, 7) is 1.98. The first-order valence-electron chi connectivity index (χ1n) is 6.43. The Hall–Kier alpha value is -1.07. The summed E-state index contributed by atoms with van der Waals surface area (Å²) in [5.74, 6) is 0.878. The van der Waals surface area contributed by atoms with Crippen molar-refractivity contribution in [3.63, 3.8) is 0 Å². The number of ether oxygens (including phenoxy) is 1. The number of hydrogen-bond donors (Lipinski definition) is 1. The maximum atomic E-state index is 11.4. The molecule has 106 valence electrons. The number of aliphatic hydroxyl groups is 1. The molecule has 4 nitrogen and oxygen atoms in total. The van der Waals surface area contributed by atoms with Gasteiger partial charge < -0.3 is 9.84 Å². The highest BCUT2D eigenvalue weighted by atomic mass is 32.2. The molecule has 1 aliphatic rings. The van der Waals surface area contributed by atoms with Crippen molar-refractivity contribution in [2.75, 3.05) is 18.6 Å². The maximum absolute atomic E-state index is 11.4. The highest BCUT2D eigenvalue weighted by molar-refractivity contribution is 7.91. The monoisotopic (exact) mass is 284 g/mol. The van der Waals surface area contributed by atoms with Crippen molar-refractivity contribution in [2.45, 2.75) is 25.9 Å². The van der Waals surface area contributed by atoms with Gasteiger partial charge in [0.25, 0.3) is 0 Å². The molecule has 1 aromatic rings. The van der Waals surface area contributed by atoms with Crippen LogP contribution in [0.2, 0.25) is 0 Å². The zero-order valence-corrected chi connectivity index (χ0v) is 12.1. The summed E-state index contributed by atoms with van der Waals surface area (Å²) in [6, 6.07) is 5.81. The van der Waals surface area contributed by atoms with Crippen LogP contribution in [0.25, 0.3) is 0 Å². The van der Waals surface area contributed by atoms with Gasteiger partial charge in [-0.1, -0.05) is 17.7 Å². The van der Waals surface area contributed by atoms with E-state index in [0.29, 0.717) is 12.8 Å². The van der Waals surface area contributed by atoms with Gasteiger partial charge in [0.15, 0.2) is 9.84 Å². The number of hydrogen-bond acceptors (Lipinski definition) is 4. The summed E-state index contributed by atoms with van der Waals surface area (Å²) < 4.78 is 28.2. The molecule has 0 radical (unpaired) electrons. The van der Waals surface area contributed by atoms with Crippen LogP contribution in [0.15, 0.2) is 18.2 Å². The fourth-order valence-corrected chi connectivity index (χ4v) is 4.46. The lowest BCUT2D eigenvalue weighted by Gasteiger charge is -2.18. The van der Waals surface area contributed by atoms with Crippen molar-refractivity contribution in [2.24, 2.45) is 5.92 Å². The van der Waals surface area contributed by atoms with Crippen molar-refractivity contribution in [1.82, 2.24) is 0 Å². The third-order valence-corrected chi connectivity index (χ3v) is 5.47. The van der Waals surface area contributed by atoms with E-state index < -0.39 is 15.9 Å². The van der Waals surface area contributed by atoms with E-state index >= 15 is 0 Å². The molecule has 2 rings (SSSR count). The number of methoxy groups -OCH3 is 1. The minimum atomic E-state index is -2.95. The molecule has 5 heteroatoms. The number of aliphatic hydroxyl groups excluding tert-OH is 1. The highest BCUT2D eigenvalue weighted by Crippen LogP contribution is 2.27. The second-order valence-corrected chi connectivity index (χ2v) is 7.48. The summed E-state index contributed by atoms with van der Waals surface area (Å²) in [5.41, 5.74) is 2.03. The molecule has 0 amide bonds. The first kappa shape index (κ1) is 14.3. The molecule has 1 N–H and O–H groups in total. The Morgan fingerprint density at radius 1 is 1.47 bits per heavy atom. The van der Waals surface area contributed by atoms with Gasteiger partial charge in [0.1, 0.15) is 5.75 Å². The minimum Gasteiger partial charge on any atom is -0.496 e. The Balaban J connectivity index is 2.11. The van der Waals surface area contributed by atoms with Crippen molar-refractivity contribution in [3.05, 3.63) is 29.3 Å². The van der Waals surface area contributed by atoms with Crippen LogP contribution in [-0.2, 0) is 16.3 Å². The lowest BCUT2D eigenvalue weighted by atomic mass is 9.94. The van der Waals surface area contributed by atoms with Gasteiger partial charge in [0.2, 0.25) is 0 Å². The predicted octanol–water partition coefficient (Wildman–Crippen LogP) is 1.34. The van der Waals surface area contributed by atoms with Gasteiger partial charge in [-0.25, -0.2) is 8.42 Å². The van der Waals surface area contributed by atoms with Gasteiger partial charge in [0, 0.05) is 12.3 Å². The Bertz CT molecular complexity index is 551. The largest absolute Gasteiger partial charge is 0.496 e. The van der Waals surface area contributed by atoms with Gasteiger partial charge >= 0.3 is 0 Å². The van der Waals surface area contributed by atoms with Crippen molar-refractivity contribution in [1.29, 1.82) is 0 Å². The van der Waals surface area contributed by atoms with E-state index in [9.17, 15) is 13.5 Å². The molecule has 1 aromatic carbocycles. The average molecular weight is 284 g/mol. The summed E-state index contributed by atoms with van der Waals surface area (Å²) in [5, 5.41) is 10.2. The zero-order valence-electron chi connectivity index (χ0n) is 11.3. The van der Waals surface area contributed by atoms with Gasteiger partial charge in [-0.2, -0.15) is 0 Å². The molecule has 1 saturated heterocycles. The lowest BCUT2D eigenvalue weighted by molar-refractivity contribution is 0.119. The fourth-order valence-electron chi connectivity index (χ4n) is 2.59. The summed E-state index contributed by atoms with van der Waals surface area (Å²) in [6.07, 6.45) is 0.357. The SMILES string of the molecule is COc1ccc(C)cc1CC(O)C1CCS(=O)(=O)C1. The van der Waals surface area contributed by atoms with E-state index in [4.69, 9.17) is 4.74 Å². The average Bonchev–Trinajstić information content (AvgIpc) is 2.70. The van der Waals surface area contributed by atoms with Gasteiger partial charge in [-0.3, -0.25) is 0 Å². The van der Waals surface area contributed by atoms with E-state index in [1.165, 1.54) is 0 Å². The molecular formula is C14H20O4S. The van der Waals surface area contributed by atoms with Crippen molar-refractivity contribution >= 4 is 9.84 Å². The normalized spacial score (nSPS) is 23.2. The Kier molecular flexibility index (Phi) is 4.16. The van der Waals surface area contributed by atoms with Crippen LogP contribution in [0.1, 0.15) is 17.5 Å². The minimum absolute atomic E-state index is 0.0995. The Morgan fingerprint density at radius 2 is 2.21 bits per heavy atom. The van der Waals surface area contributed by atoms with Crippen LogP contribution < -0.4 is 4.74 Å². The molecule has 0 spiro atoms. The molecule has 0 bridgehead atoms. The number of sulfone groups is 1. The second kappa shape index (κ2) is 5.51. The Morgan fingerprint density at radius 3 is 2.79 bits per heavy atom. The van der Waals surface area contributed by atoms with E-state index in [1.54, 1.807) is 7.11 Å². The van der Waals surface area contributed by atoms with Crippen molar-refractivity contribution < 1.29 is 18.3 Å². The standard InChI is InChI=1S/C14H20O4S/c1-10-3-4-14(18-2)12(7-10)8-13(15)11-5-6-19(16,17)9-11/h3-4,7,11,13,15H,5-6,8-9H2,1-2H3. The van der Waals surface area contributed by atoms with Gasteiger partial charge in [-0.05, 0) is 25.0 Å². The third kappa shape index (κ3) is 3.48. The van der Waals surface area contributed by atoms with Crippen LogP contribution in [0.4, 0.5) is 0 Å². The molecule has 0 aliphatic carbocycles. The van der Waals surface area contributed by atoms with Crippen LogP contribution in [0.5, 0.6) is 5.75 Å². The molecule has 2 atom stereocenters. The molecule has 1 aliphatic heterocycles. The number of benzene rings is 1. The molecular weight excluding hydrogens is 264 g/mol. The summed E-state index contributed by atoms with van der Waals surface area (Å²) >= 11 is 0. The van der Waals surface area contributed by atoms with Gasteiger partial charge in [-0.15, -0.1) is 0 Å². The van der Waals surface area contributed by atoms with Crippen LogP contribution in [0.3, 0.4) is 0 Å². The first-order valence-corrected chi connectivity index (χ1v) is 8.25. The Labute approximate surface area is 114 Å². The summed E-state index contributed by atoms with van der Waals surface area (Å²) in [7, 11) is -1.35.